The van der Waals surface area contributed by atoms with E-state index in [-0.39, 0.29) is 19.6 Å². The molecule has 1 aliphatic rings. The van der Waals surface area contributed by atoms with Crippen molar-refractivity contribution in [2.24, 2.45) is 5.92 Å². The second-order valence-corrected chi connectivity index (χ2v) is 10.2. The zero-order valence-electron chi connectivity index (χ0n) is 14.3. The Kier molecular flexibility index (Phi) is 8.63. The Hall–Kier alpha value is -0.383. The van der Waals surface area contributed by atoms with Crippen LogP contribution in [0.25, 0.3) is 0 Å². The van der Waals surface area contributed by atoms with E-state index in [1.165, 1.54) is 56.7 Å². The van der Waals surface area contributed by atoms with Crippen molar-refractivity contribution in [3.8, 4) is 0 Å². The third kappa shape index (κ3) is 6.94. The van der Waals surface area contributed by atoms with Crippen molar-refractivity contribution in [1.82, 2.24) is 0 Å². The maximum absolute atomic E-state index is 13.5. The Balaban J connectivity index is 1.60. The Bertz CT molecular complexity index is 461. The fourth-order valence-corrected chi connectivity index (χ4v) is 6.74. The highest BCUT2D eigenvalue weighted by Gasteiger charge is 2.21. The van der Waals surface area contributed by atoms with E-state index >= 15 is 0 Å². The van der Waals surface area contributed by atoms with E-state index in [4.69, 9.17) is 16.3 Å². The van der Waals surface area contributed by atoms with E-state index in [1.54, 1.807) is 19.2 Å². The Morgan fingerprint density at radius 1 is 1.22 bits per heavy atom. The normalized spacial score (nSPS) is 16.8. The molecule has 23 heavy (non-hydrogen) atoms. The van der Waals surface area contributed by atoms with Crippen LogP contribution in [0.1, 0.15) is 44.1 Å². The maximum Gasteiger partial charge on any atom is 0.142 e. The van der Waals surface area contributed by atoms with Gasteiger partial charge in [0.1, 0.15) is 5.82 Å². The first-order chi connectivity index (χ1) is 11.2. The summed E-state index contributed by atoms with van der Waals surface area (Å²) in [5.74, 6) is 0.558. The third-order valence-electron chi connectivity index (χ3n) is 5.02. The van der Waals surface area contributed by atoms with E-state index in [0.29, 0.717) is 0 Å². The van der Waals surface area contributed by atoms with Crippen molar-refractivity contribution < 1.29 is 9.13 Å². The lowest BCUT2D eigenvalue weighted by molar-refractivity contribution is 0.192. The molecule has 0 amide bonds. The van der Waals surface area contributed by atoms with Crippen LogP contribution >= 0.6 is 11.6 Å². The number of rotatable bonds is 9. The minimum absolute atomic E-state index is 0.0800. The molecule has 2 rings (SSSR count). The predicted octanol–water partition coefficient (Wildman–Crippen LogP) is 6.13. The summed E-state index contributed by atoms with van der Waals surface area (Å²) in [7, 11) is 1.70. The molecule has 1 aromatic rings. The lowest BCUT2D eigenvalue weighted by Crippen LogP contribution is -2.21. The van der Waals surface area contributed by atoms with Crippen molar-refractivity contribution in [1.29, 1.82) is 0 Å². The average Bonchev–Trinajstić information content (AvgIpc) is 2.57. The molecule has 0 atom stereocenters. The number of ether oxygens (including phenoxy) is 1. The maximum atomic E-state index is 13.5. The predicted molar refractivity (Wildman–Crippen MR) is 98.4 cm³/mol. The van der Waals surface area contributed by atoms with Crippen LogP contribution in [0.5, 0.6) is 0 Å². The number of hydrogen-bond acceptors (Lipinski definition) is 1. The lowest BCUT2D eigenvalue weighted by Gasteiger charge is -2.27. The third-order valence-corrected chi connectivity index (χ3v) is 8.38. The van der Waals surface area contributed by atoms with Crippen molar-refractivity contribution in [3.05, 3.63) is 34.6 Å². The van der Waals surface area contributed by atoms with Crippen LogP contribution in [-0.4, -0.2) is 22.5 Å². The number of halogens is 2. The van der Waals surface area contributed by atoms with Crippen LogP contribution in [0, 0.1) is 11.7 Å². The van der Waals surface area contributed by atoms with Crippen LogP contribution in [0.2, 0.25) is 23.2 Å². The molecule has 1 fully saturated rings. The molecule has 1 aromatic carbocycles. The quantitative estimate of drug-likeness (QED) is 0.382. The highest BCUT2D eigenvalue weighted by Crippen LogP contribution is 2.31. The first-order valence-corrected chi connectivity index (χ1v) is 11.5. The van der Waals surface area contributed by atoms with Gasteiger partial charge in [-0.25, -0.2) is 4.39 Å². The molecule has 0 bridgehead atoms. The van der Waals surface area contributed by atoms with Crippen LogP contribution in [0.15, 0.2) is 18.2 Å². The summed E-state index contributed by atoms with van der Waals surface area (Å²) in [6.45, 7) is 0.912. The molecule has 0 aliphatic carbocycles. The zero-order chi connectivity index (χ0) is 16.5. The van der Waals surface area contributed by atoms with Gasteiger partial charge in [0.15, 0.2) is 0 Å². The monoisotopic (exact) mass is 355 g/mol. The van der Waals surface area contributed by atoms with E-state index in [0.717, 1.165) is 24.5 Å². The average molecular weight is 356 g/mol. The number of methoxy groups -OCH3 is 1. The molecule has 0 unspecified atom stereocenters. The van der Waals surface area contributed by atoms with Gasteiger partial charge in [0.25, 0.3) is 0 Å². The molecule has 1 heterocycles. The second kappa shape index (κ2) is 10.5. The number of hydrogen-bond donors (Lipinski definition) is 0. The molecule has 0 N–H and O–H groups in total. The van der Waals surface area contributed by atoms with Gasteiger partial charge in [-0.2, -0.15) is 0 Å². The minimum Gasteiger partial charge on any atom is -0.385 e. The Morgan fingerprint density at radius 2 is 2.00 bits per heavy atom. The molecule has 0 spiro atoms. The molecule has 4 heteroatoms. The molecule has 1 aliphatic heterocycles. The van der Waals surface area contributed by atoms with Crippen molar-refractivity contribution in [3.63, 3.8) is 0 Å². The van der Waals surface area contributed by atoms with E-state index in [2.05, 4.69) is 0 Å². The van der Waals surface area contributed by atoms with Gasteiger partial charge in [0, 0.05) is 22.5 Å². The Labute approximate surface area is 147 Å². The van der Waals surface area contributed by atoms with Gasteiger partial charge in [-0.15, -0.1) is 0 Å². The standard InChI is InChI=1S/C19H29ClFOSi/c1-22-11-3-2-4-12-23-13-9-16(10-14-23)5-6-17-7-8-18(20)19(21)15-17/h7-8,15-16H,2-6,9-14H2,1H3. The van der Waals surface area contributed by atoms with Crippen molar-refractivity contribution in [2.75, 3.05) is 13.7 Å². The van der Waals surface area contributed by atoms with Crippen molar-refractivity contribution in [2.45, 2.75) is 63.1 Å². The summed E-state index contributed by atoms with van der Waals surface area (Å²) in [6.07, 6.45) is 8.90. The number of unbranched alkanes of at least 4 members (excludes halogenated alkanes) is 2. The summed E-state index contributed by atoms with van der Waals surface area (Å²) >= 11 is 5.74. The highest BCUT2D eigenvalue weighted by atomic mass is 35.5. The van der Waals surface area contributed by atoms with E-state index in [1.807, 2.05) is 6.07 Å². The van der Waals surface area contributed by atoms with Crippen LogP contribution in [0.3, 0.4) is 0 Å². The zero-order valence-corrected chi connectivity index (χ0v) is 16.0. The Morgan fingerprint density at radius 3 is 2.70 bits per heavy atom. The minimum atomic E-state index is -0.285. The van der Waals surface area contributed by atoms with Gasteiger partial charge >= 0.3 is 0 Å². The first-order valence-electron chi connectivity index (χ1n) is 8.95. The van der Waals surface area contributed by atoms with E-state index < -0.39 is 0 Å². The molecule has 0 aromatic heterocycles. The SMILES string of the molecule is COCCCCC[Si]1CCC(CCc2ccc(Cl)c(F)c2)CC1. The molecular weight excluding hydrogens is 327 g/mol. The van der Waals surface area contributed by atoms with Gasteiger partial charge in [-0.3, -0.25) is 0 Å². The molecule has 0 saturated carbocycles. The van der Waals surface area contributed by atoms with E-state index in [9.17, 15) is 4.39 Å². The first kappa shape index (κ1) is 18.9. The fourth-order valence-electron chi connectivity index (χ4n) is 3.49. The molecule has 1 nitrogen and oxygen atoms in total. The summed E-state index contributed by atoms with van der Waals surface area (Å²) in [5.41, 5.74) is 1.08. The van der Waals surface area contributed by atoms with Crippen LogP contribution < -0.4 is 0 Å². The molecular formula is C19H29ClFOSi. The summed E-state index contributed by atoms with van der Waals surface area (Å²) in [5, 5.41) is 0.226. The van der Waals surface area contributed by atoms with Gasteiger partial charge in [0.2, 0.25) is 0 Å². The molecule has 1 radical (unpaired) electrons. The smallest absolute Gasteiger partial charge is 0.142 e. The summed E-state index contributed by atoms with van der Waals surface area (Å²) < 4.78 is 18.6. The summed E-state index contributed by atoms with van der Waals surface area (Å²) in [6, 6.07) is 9.69. The highest BCUT2D eigenvalue weighted by molar-refractivity contribution is 6.58. The number of aryl methyl sites for hydroxylation is 1. The van der Waals surface area contributed by atoms with Crippen molar-refractivity contribution >= 4 is 20.4 Å². The topological polar surface area (TPSA) is 9.23 Å². The summed E-state index contributed by atoms with van der Waals surface area (Å²) in [4.78, 5) is 0. The van der Waals surface area contributed by atoms with Crippen LogP contribution in [-0.2, 0) is 11.2 Å². The fraction of sp³-hybridized carbons (Fsp3) is 0.684. The largest absolute Gasteiger partial charge is 0.385 e. The second-order valence-electron chi connectivity index (χ2n) is 6.78. The molecule has 1 saturated heterocycles. The lowest BCUT2D eigenvalue weighted by atomic mass is 9.94. The van der Waals surface area contributed by atoms with Gasteiger partial charge < -0.3 is 4.74 Å². The number of benzene rings is 1. The molecule has 129 valence electrons. The van der Waals surface area contributed by atoms with Gasteiger partial charge in [-0.1, -0.05) is 61.5 Å². The van der Waals surface area contributed by atoms with Gasteiger partial charge in [-0.05, 0) is 42.9 Å². The van der Waals surface area contributed by atoms with Gasteiger partial charge in [0.05, 0.1) is 5.02 Å². The van der Waals surface area contributed by atoms with Crippen LogP contribution in [0.4, 0.5) is 4.39 Å².